The van der Waals surface area contributed by atoms with Crippen molar-refractivity contribution in [2.45, 2.75) is 10.9 Å². The average Bonchev–Trinajstić information content (AvgIpc) is 2.49. The van der Waals surface area contributed by atoms with Crippen LogP contribution in [0.4, 0.5) is 0 Å². The van der Waals surface area contributed by atoms with Crippen molar-refractivity contribution < 1.29 is 22.7 Å². The summed E-state index contributed by atoms with van der Waals surface area (Å²) in [5.74, 6) is -0.684. The monoisotopic (exact) mass is 353 g/mol. The van der Waals surface area contributed by atoms with E-state index in [1.807, 2.05) is 0 Å². The number of nitrogens with zero attached hydrogens (tertiary/aromatic N) is 1. The van der Waals surface area contributed by atoms with Crippen molar-refractivity contribution in [1.29, 1.82) is 0 Å². The summed E-state index contributed by atoms with van der Waals surface area (Å²) in [5, 5.41) is 0.0508. The lowest BCUT2D eigenvalue weighted by molar-refractivity contribution is -0.149. The molecule has 1 unspecified atom stereocenters. The predicted molar refractivity (Wildman–Crippen MR) is 77.0 cm³/mol. The van der Waals surface area contributed by atoms with Gasteiger partial charge >= 0.3 is 5.97 Å². The minimum atomic E-state index is -3.98. The van der Waals surface area contributed by atoms with E-state index in [4.69, 9.17) is 27.9 Å². The standard InChI is InChI=1S/C12H13Cl2NO5S/c1-19-12(16)9-7-20-6-5-15(9)21(17,18)10-4-2-3-8(13)11(10)14/h2-4,9H,5-7H2,1H3. The van der Waals surface area contributed by atoms with E-state index in [0.29, 0.717) is 0 Å². The smallest absolute Gasteiger partial charge is 0.326 e. The Morgan fingerprint density at radius 2 is 2.14 bits per heavy atom. The summed E-state index contributed by atoms with van der Waals surface area (Å²) >= 11 is 11.8. The topological polar surface area (TPSA) is 72.9 Å². The first-order chi connectivity index (χ1) is 9.89. The van der Waals surface area contributed by atoms with Crippen LogP contribution in [-0.4, -0.2) is 51.6 Å². The van der Waals surface area contributed by atoms with Crippen molar-refractivity contribution in [2.24, 2.45) is 0 Å². The lowest BCUT2D eigenvalue weighted by Gasteiger charge is -2.32. The number of rotatable bonds is 3. The zero-order chi connectivity index (χ0) is 15.6. The summed E-state index contributed by atoms with van der Waals surface area (Å²) < 4.78 is 36.2. The first kappa shape index (κ1) is 16.5. The zero-order valence-electron chi connectivity index (χ0n) is 11.1. The molecule has 2 rings (SSSR count). The highest BCUT2D eigenvalue weighted by Gasteiger charge is 2.40. The summed E-state index contributed by atoms with van der Waals surface area (Å²) in [7, 11) is -2.79. The van der Waals surface area contributed by atoms with E-state index in [2.05, 4.69) is 4.74 Å². The van der Waals surface area contributed by atoms with E-state index in [9.17, 15) is 13.2 Å². The molecule has 1 aliphatic rings. The van der Waals surface area contributed by atoms with Crippen molar-refractivity contribution in [2.75, 3.05) is 26.9 Å². The molecule has 0 N–H and O–H groups in total. The van der Waals surface area contributed by atoms with Crippen LogP contribution in [0.3, 0.4) is 0 Å². The van der Waals surface area contributed by atoms with Crippen molar-refractivity contribution >= 4 is 39.2 Å². The van der Waals surface area contributed by atoms with Crippen LogP contribution < -0.4 is 0 Å². The van der Waals surface area contributed by atoms with Crippen LogP contribution in [0.5, 0.6) is 0 Å². The van der Waals surface area contributed by atoms with Gasteiger partial charge in [-0.25, -0.2) is 8.42 Å². The second-order valence-corrected chi connectivity index (χ2v) is 6.93. The Morgan fingerprint density at radius 3 is 2.81 bits per heavy atom. The van der Waals surface area contributed by atoms with Crippen LogP contribution in [0.1, 0.15) is 0 Å². The highest BCUT2D eigenvalue weighted by atomic mass is 35.5. The molecule has 116 valence electrons. The number of hydrogen-bond donors (Lipinski definition) is 0. The van der Waals surface area contributed by atoms with Gasteiger partial charge in [-0.3, -0.25) is 4.79 Å². The Hall–Kier alpha value is -0.860. The number of halogens is 2. The molecule has 1 atom stereocenters. The van der Waals surface area contributed by atoms with E-state index >= 15 is 0 Å². The number of methoxy groups -OCH3 is 1. The lowest BCUT2D eigenvalue weighted by Crippen LogP contribution is -2.52. The molecule has 0 aliphatic carbocycles. The molecular formula is C12H13Cl2NO5S. The van der Waals surface area contributed by atoms with Crippen LogP contribution in [0.25, 0.3) is 0 Å². The van der Waals surface area contributed by atoms with E-state index in [-0.39, 0.29) is 34.7 Å². The SMILES string of the molecule is COC(=O)C1COCCN1S(=O)(=O)c1cccc(Cl)c1Cl. The maximum absolute atomic E-state index is 12.7. The fraction of sp³-hybridized carbons (Fsp3) is 0.417. The quantitative estimate of drug-likeness (QED) is 0.771. The molecule has 1 fully saturated rings. The number of morpholine rings is 1. The van der Waals surface area contributed by atoms with Crippen molar-refractivity contribution in [1.82, 2.24) is 4.31 Å². The Kier molecular flexibility index (Phi) is 5.11. The van der Waals surface area contributed by atoms with Gasteiger partial charge in [0.1, 0.15) is 10.9 Å². The third kappa shape index (κ3) is 3.17. The number of hydrogen-bond acceptors (Lipinski definition) is 5. The normalized spacial score (nSPS) is 20.2. The Labute approximate surface area is 132 Å². The fourth-order valence-electron chi connectivity index (χ4n) is 2.01. The van der Waals surface area contributed by atoms with E-state index in [1.54, 1.807) is 0 Å². The summed E-state index contributed by atoms with van der Waals surface area (Å²) in [6, 6.07) is 3.27. The van der Waals surface area contributed by atoms with Gasteiger partial charge in [0.25, 0.3) is 0 Å². The highest BCUT2D eigenvalue weighted by molar-refractivity contribution is 7.89. The van der Waals surface area contributed by atoms with E-state index in [0.717, 1.165) is 4.31 Å². The number of benzene rings is 1. The van der Waals surface area contributed by atoms with E-state index in [1.165, 1.54) is 25.3 Å². The van der Waals surface area contributed by atoms with Gasteiger partial charge < -0.3 is 9.47 Å². The highest BCUT2D eigenvalue weighted by Crippen LogP contribution is 2.32. The number of carbonyl (C=O) groups is 1. The number of sulfonamides is 1. The molecule has 0 radical (unpaired) electrons. The molecule has 21 heavy (non-hydrogen) atoms. The van der Waals surface area contributed by atoms with Crippen LogP contribution in [0.2, 0.25) is 10.0 Å². The van der Waals surface area contributed by atoms with Gasteiger partial charge in [-0.05, 0) is 12.1 Å². The lowest BCUT2D eigenvalue weighted by atomic mass is 10.3. The molecule has 1 saturated heterocycles. The molecule has 1 aromatic rings. The van der Waals surface area contributed by atoms with Gasteiger partial charge in [0.15, 0.2) is 0 Å². The van der Waals surface area contributed by atoms with Crippen LogP contribution in [0.15, 0.2) is 23.1 Å². The second kappa shape index (κ2) is 6.50. The van der Waals surface area contributed by atoms with Crippen molar-refractivity contribution in [3.05, 3.63) is 28.2 Å². The van der Waals surface area contributed by atoms with Gasteiger partial charge in [0, 0.05) is 6.54 Å². The summed E-state index contributed by atoms with van der Waals surface area (Å²) in [6.45, 7) is 0.153. The molecule has 0 aromatic heterocycles. The number of carbonyl (C=O) groups excluding carboxylic acids is 1. The fourth-order valence-corrected chi connectivity index (χ4v) is 4.29. The number of esters is 1. The molecule has 9 heteroatoms. The zero-order valence-corrected chi connectivity index (χ0v) is 13.4. The van der Waals surface area contributed by atoms with Gasteiger partial charge in [-0.15, -0.1) is 0 Å². The first-order valence-corrected chi connectivity index (χ1v) is 8.20. The average molecular weight is 354 g/mol. The molecule has 0 bridgehead atoms. The Morgan fingerprint density at radius 1 is 1.43 bits per heavy atom. The maximum Gasteiger partial charge on any atom is 0.326 e. The molecule has 1 heterocycles. The number of ether oxygens (including phenoxy) is 2. The van der Waals surface area contributed by atoms with Crippen molar-refractivity contribution in [3.63, 3.8) is 0 Å². The molecule has 1 aromatic carbocycles. The molecule has 0 amide bonds. The predicted octanol–water partition coefficient (Wildman–Crippen LogP) is 1.56. The summed E-state index contributed by atoms with van der Waals surface area (Å²) in [4.78, 5) is 11.6. The molecule has 0 spiro atoms. The molecule has 0 saturated carbocycles. The molecule has 1 aliphatic heterocycles. The van der Waals surface area contributed by atoms with Crippen LogP contribution in [0, 0.1) is 0 Å². The van der Waals surface area contributed by atoms with Crippen LogP contribution >= 0.6 is 23.2 Å². The third-order valence-corrected chi connectivity index (χ3v) is 5.94. The van der Waals surface area contributed by atoms with Gasteiger partial charge in [-0.2, -0.15) is 4.31 Å². The Balaban J connectivity index is 2.46. The third-order valence-electron chi connectivity index (χ3n) is 3.06. The summed E-state index contributed by atoms with van der Waals surface area (Å²) in [5.41, 5.74) is 0. The van der Waals surface area contributed by atoms with Gasteiger partial charge in [0.05, 0.1) is 30.4 Å². The first-order valence-electron chi connectivity index (χ1n) is 6.01. The molecular weight excluding hydrogens is 341 g/mol. The second-order valence-electron chi connectivity index (χ2n) is 4.28. The van der Waals surface area contributed by atoms with Gasteiger partial charge in [-0.1, -0.05) is 29.3 Å². The van der Waals surface area contributed by atoms with Crippen molar-refractivity contribution in [3.8, 4) is 0 Å². The largest absolute Gasteiger partial charge is 0.468 e. The van der Waals surface area contributed by atoms with E-state index < -0.39 is 22.0 Å². The summed E-state index contributed by atoms with van der Waals surface area (Å²) in [6.07, 6.45) is 0. The van der Waals surface area contributed by atoms with Gasteiger partial charge in [0.2, 0.25) is 10.0 Å². The Bertz CT molecular complexity index is 649. The molecule has 6 nitrogen and oxygen atoms in total. The van der Waals surface area contributed by atoms with Crippen LogP contribution in [-0.2, 0) is 24.3 Å². The minimum Gasteiger partial charge on any atom is -0.468 e. The minimum absolute atomic E-state index is 0.0327. The maximum atomic E-state index is 12.7.